The van der Waals surface area contributed by atoms with Crippen molar-refractivity contribution in [2.45, 2.75) is 39.7 Å². The number of hydrogen-bond acceptors (Lipinski definition) is 6. The molecular formula is C14H18N3O2S-. The number of carbonyl (C=O) groups is 1. The summed E-state index contributed by atoms with van der Waals surface area (Å²) >= 11 is 1.61. The number of fused-ring (bicyclic) bond motifs is 1. The van der Waals surface area contributed by atoms with Crippen molar-refractivity contribution in [2.24, 2.45) is 5.92 Å². The van der Waals surface area contributed by atoms with E-state index in [0.717, 1.165) is 23.1 Å². The number of aromatic nitrogens is 2. The van der Waals surface area contributed by atoms with Crippen LogP contribution in [0.15, 0.2) is 12.4 Å². The van der Waals surface area contributed by atoms with E-state index in [1.54, 1.807) is 11.3 Å². The first kappa shape index (κ1) is 14.7. The highest BCUT2D eigenvalue weighted by molar-refractivity contribution is 7.18. The molecule has 2 aromatic rings. The maximum absolute atomic E-state index is 11.3. The minimum Gasteiger partial charge on any atom is -0.548 e. The van der Waals surface area contributed by atoms with Gasteiger partial charge in [0.15, 0.2) is 0 Å². The lowest BCUT2D eigenvalue weighted by Crippen LogP contribution is -2.45. The van der Waals surface area contributed by atoms with Crippen LogP contribution in [0.3, 0.4) is 0 Å². The molecule has 0 saturated carbocycles. The summed E-state index contributed by atoms with van der Waals surface area (Å²) in [4.78, 5) is 21.8. The van der Waals surface area contributed by atoms with Gasteiger partial charge in [-0.05, 0) is 18.4 Å². The molecule has 0 amide bonds. The average Bonchev–Trinajstić information content (AvgIpc) is 2.87. The van der Waals surface area contributed by atoms with Crippen LogP contribution in [0.5, 0.6) is 0 Å². The van der Waals surface area contributed by atoms with Gasteiger partial charge < -0.3 is 15.2 Å². The Morgan fingerprint density at radius 2 is 2.20 bits per heavy atom. The molecule has 1 N–H and O–H groups in total. The van der Waals surface area contributed by atoms with Crippen LogP contribution in [0, 0.1) is 5.92 Å². The van der Waals surface area contributed by atoms with Crippen LogP contribution in [0.1, 0.15) is 32.1 Å². The average molecular weight is 292 g/mol. The highest BCUT2D eigenvalue weighted by Gasteiger charge is 2.19. The SMILES string of the molecule is CCc1cc2c(N[C@H](C(=O)[O-])[C@@H](C)CC)ncnc2s1. The van der Waals surface area contributed by atoms with E-state index in [-0.39, 0.29) is 5.92 Å². The zero-order chi connectivity index (χ0) is 14.7. The van der Waals surface area contributed by atoms with Crippen molar-refractivity contribution in [3.63, 3.8) is 0 Å². The lowest BCUT2D eigenvalue weighted by atomic mass is 9.99. The van der Waals surface area contributed by atoms with Crippen molar-refractivity contribution in [1.82, 2.24) is 9.97 Å². The summed E-state index contributed by atoms with van der Waals surface area (Å²) in [6.07, 6.45) is 3.14. The molecule has 20 heavy (non-hydrogen) atoms. The molecule has 2 rings (SSSR count). The fourth-order valence-corrected chi connectivity index (χ4v) is 2.95. The van der Waals surface area contributed by atoms with Crippen molar-refractivity contribution < 1.29 is 9.90 Å². The standard InChI is InChI=1S/C14H19N3O2S/c1-4-8(3)11(14(18)19)17-12-10-6-9(5-2)20-13(10)16-7-15-12/h6-8,11H,4-5H2,1-3H3,(H,18,19)(H,15,16,17)/p-1/t8-,11-/m0/s1. The molecular weight excluding hydrogens is 274 g/mol. The van der Waals surface area contributed by atoms with E-state index in [2.05, 4.69) is 22.2 Å². The van der Waals surface area contributed by atoms with Gasteiger partial charge in [0.25, 0.3) is 0 Å². The Balaban J connectivity index is 2.36. The fourth-order valence-electron chi connectivity index (χ4n) is 2.01. The van der Waals surface area contributed by atoms with Crippen LogP contribution in [0.4, 0.5) is 5.82 Å². The predicted molar refractivity (Wildman–Crippen MR) is 78.7 cm³/mol. The summed E-state index contributed by atoms with van der Waals surface area (Å²) < 4.78 is 0. The van der Waals surface area contributed by atoms with Crippen molar-refractivity contribution in [3.8, 4) is 0 Å². The molecule has 2 heterocycles. The maximum Gasteiger partial charge on any atom is 0.138 e. The molecule has 0 aliphatic heterocycles. The maximum atomic E-state index is 11.3. The molecule has 0 aliphatic carbocycles. The summed E-state index contributed by atoms with van der Waals surface area (Å²) in [5.74, 6) is -0.563. The van der Waals surface area contributed by atoms with Gasteiger partial charge in [0.05, 0.1) is 17.4 Å². The Morgan fingerprint density at radius 1 is 1.45 bits per heavy atom. The van der Waals surface area contributed by atoms with E-state index in [0.29, 0.717) is 5.82 Å². The van der Waals surface area contributed by atoms with Gasteiger partial charge in [0.2, 0.25) is 0 Å². The molecule has 0 saturated heterocycles. The summed E-state index contributed by atoms with van der Waals surface area (Å²) in [7, 11) is 0. The normalized spacial score (nSPS) is 14.2. The molecule has 0 radical (unpaired) electrons. The predicted octanol–water partition coefficient (Wildman–Crippen LogP) is 1.83. The van der Waals surface area contributed by atoms with Crippen LogP contribution in [0.25, 0.3) is 10.2 Å². The van der Waals surface area contributed by atoms with Crippen molar-refractivity contribution in [1.29, 1.82) is 0 Å². The lowest BCUT2D eigenvalue weighted by Gasteiger charge is -2.25. The molecule has 5 nitrogen and oxygen atoms in total. The number of aryl methyl sites for hydroxylation is 1. The second-order valence-electron chi connectivity index (χ2n) is 4.83. The number of aliphatic carboxylic acids is 1. The van der Waals surface area contributed by atoms with Gasteiger partial charge in [-0.25, -0.2) is 9.97 Å². The summed E-state index contributed by atoms with van der Waals surface area (Å²) in [6.45, 7) is 5.92. The van der Waals surface area contributed by atoms with Gasteiger partial charge in [-0.3, -0.25) is 0 Å². The highest BCUT2D eigenvalue weighted by Crippen LogP contribution is 2.29. The van der Waals surface area contributed by atoms with Crippen LogP contribution in [-0.2, 0) is 11.2 Å². The third-order valence-electron chi connectivity index (χ3n) is 3.49. The number of rotatable bonds is 6. The van der Waals surface area contributed by atoms with Crippen molar-refractivity contribution in [2.75, 3.05) is 5.32 Å². The lowest BCUT2D eigenvalue weighted by molar-refractivity contribution is -0.307. The van der Waals surface area contributed by atoms with E-state index >= 15 is 0 Å². The molecule has 108 valence electrons. The third kappa shape index (κ3) is 2.90. The van der Waals surface area contributed by atoms with Crippen LogP contribution >= 0.6 is 11.3 Å². The Hall–Kier alpha value is -1.69. The van der Waals surface area contributed by atoms with E-state index in [9.17, 15) is 9.90 Å². The van der Waals surface area contributed by atoms with Crippen molar-refractivity contribution >= 4 is 33.3 Å². The molecule has 0 spiro atoms. The zero-order valence-corrected chi connectivity index (χ0v) is 12.7. The summed E-state index contributed by atoms with van der Waals surface area (Å²) in [5, 5.41) is 15.2. The molecule has 2 aromatic heterocycles. The van der Waals surface area contributed by atoms with E-state index in [1.165, 1.54) is 11.2 Å². The smallest absolute Gasteiger partial charge is 0.138 e. The highest BCUT2D eigenvalue weighted by atomic mass is 32.1. The molecule has 0 aliphatic rings. The van der Waals surface area contributed by atoms with Crippen molar-refractivity contribution in [3.05, 3.63) is 17.3 Å². The first-order chi connectivity index (χ1) is 9.56. The second kappa shape index (κ2) is 6.17. The minimum atomic E-state index is -1.10. The van der Waals surface area contributed by atoms with Crippen LogP contribution < -0.4 is 10.4 Å². The number of nitrogens with one attached hydrogen (secondary N) is 1. The summed E-state index contributed by atoms with van der Waals surface area (Å²) in [6, 6.07) is 1.27. The van der Waals surface area contributed by atoms with Gasteiger partial charge in [-0.1, -0.05) is 27.2 Å². The molecule has 0 bridgehead atoms. The van der Waals surface area contributed by atoms with E-state index in [4.69, 9.17) is 0 Å². The van der Waals surface area contributed by atoms with E-state index < -0.39 is 12.0 Å². The van der Waals surface area contributed by atoms with Gasteiger partial charge in [-0.2, -0.15) is 0 Å². The number of nitrogens with zero attached hydrogens (tertiary/aromatic N) is 2. The number of hydrogen-bond donors (Lipinski definition) is 1. The van der Waals surface area contributed by atoms with Crippen LogP contribution in [-0.4, -0.2) is 22.0 Å². The van der Waals surface area contributed by atoms with Gasteiger partial charge in [-0.15, -0.1) is 11.3 Å². The Kier molecular flexibility index (Phi) is 4.54. The number of carboxylic acid groups (broad SMARTS) is 1. The van der Waals surface area contributed by atoms with Gasteiger partial charge >= 0.3 is 0 Å². The topological polar surface area (TPSA) is 77.9 Å². The molecule has 6 heteroatoms. The Labute approximate surface area is 122 Å². The summed E-state index contributed by atoms with van der Waals surface area (Å²) in [5.41, 5.74) is 0. The molecule has 0 aromatic carbocycles. The van der Waals surface area contributed by atoms with Gasteiger partial charge in [0.1, 0.15) is 17.0 Å². The largest absolute Gasteiger partial charge is 0.548 e. The number of anilines is 1. The quantitative estimate of drug-likeness (QED) is 0.879. The number of carbonyl (C=O) groups excluding carboxylic acids is 1. The van der Waals surface area contributed by atoms with Crippen LogP contribution in [0.2, 0.25) is 0 Å². The number of thiophene rings is 1. The Morgan fingerprint density at radius 3 is 2.80 bits per heavy atom. The monoisotopic (exact) mass is 292 g/mol. The molecule has 0 fully saturated rings. The fraction of sp³-hybridized carbons (Fsp3) is 0.500. The molecule has 0 unspecified atom stereocenters. The first-order valence-electron chi connectivity index (χ1n) is 6.77. The second-order valence-corrected chi connectivity index (χ2v) is 5.95. The Bertz CT molecular complexity index is 611. The van der Waals surface area contributed by atoms with E-state index in [1.807, 2.05) is 19.9 Å². The minimum absolute atomic E-state index is 0.0331. The number of carboxylic acids is 1. The molecule has 2 atom stereocenters. The van der Waals surface area contributed by atoms with Gasteiger partial charge in [0, 0.05) is 4.88 Å². The first-order valence-corrected chi connectivity index (χ1v) is 7.59. The zero-order valence-electron chi connectivity index (χ0n) is 11.8. The third-order valence-corrected chi connectivity index (χ3v) is 4.68.